The molecule has 1 heterocycles. The molecule has 0 aliphatic carbocycles. The van der Waals surface area contributed by atoms with E-state index in [-0.39, 0.29) is 5.91 Å². The van der Waals surface area contributed by atoms with Gasteiger partial charge in [0, 0.05) is 25.2 Å². The van der Waals surface area contributed by atoms with Gasteiger partial charge in [-0.1, -0.05) is 17.7 Å². The number of nitrogens with two attached hydrogens (primary N) is 1. The van der Waals surface area contributed by atoms with Crippen LogP contribution in [-0.2, 0) is 6.42 Å². The number of carbonyl (C=O) groups is 1. The molecule has 80 valence electrons. The number of rotatable bonds is 2. The van der Waals surface area contributed by atoms with Crippen LogP contribution in [0.3, 0.4) is 0 Å². The van der Waals surface area contributed by atoms with Gasteiger partial charge in [-0.05, 0) is 25.0 Å². The monoisotopic (exact) mass is 204 g/mol. The zero-order chi connectivity index (χ0) is 10.8. The fraction of sp³-hybridized carbons (Fsp3) is 0.417. The molecule has 1 aromatic rings. The van der Waals surface area contributed by atoms with Crippen molar-refractivity contribution in [2.75, 3.05) is 19.6 Å². The molecule has 3 heteroatoms. The van der Waals surface area contributed by atoms with Crippen LogP contribution in [-0.4, -0.2) is 30.4 Å². The van der Waals surface area contributed by atoms with Crippen LogP contribution in [0.1, 0.15) is 21.5 Å². The second-order valence-electron chi connectivity index (χ2n) is 3.99. The third-order valence-electron chi connectivity index (χ3n) is 2.83. The average Bonchev–Trinajstić information content (AvgIpc) is 2.22. The van der Waals surface area contributed by atoms with E-state index in [1.807, 2.05) is 17.0 Å². The maximum atomic E-state index is 12.0. The number of amides is 1. The van der Waals surface area contributed by atoms with Crippen molar-refractivity contribution in [2.24, 2.45) is 5.73 Å². The highest BCUT2D eigenvalue weighted by atomic mass is 16.2. The lowest BCUT2D eigenvalue weighted by molar-refractivity contribution is 0.0745. The topological polar surface area (TPSA) is 46.3 Å². The first-order valence-corrected chi connectivity index (χ1v) is 5.31. The Balaban J connectivity index is 2.30. The van der Waals surface area contributed by atoms with Crippen LogP contribution in [0.15, 0.2) is 18.2 Å². The zero-order valence-electron chi connectivity index (χ0n) is 8.99. The Kier molecular flexibility index (Phi) is 2.73. The molecule has 0 atom stereocenters. The van der Waals surface area contributed by atoms with Gasteiger partial charge < -0.3 is 10.6 Å². The lowest BCUT2D eigenvalue weighted by Crippen LogP contribution is -2.40. The normalized spacial score (nSPS) is 15.3. The molecule has 1 aliphatic rings. The van der Waals surface area contributed by atoms with Crippen LogP contribution in [0, 0.1) is 6.92 Å². The fourth-order valence-corrected chi connectivity index (χ4v) is 2.03. The van der Waals surface area contributed by atoms with Crippen LogP contribution >= 0.6 is 0 Å². The maximum absolute atomic E-state index is 12.0. The first-order valence-electron chi connectivity index (χ1n) is 5.31. The van der Waals surface area contributed by atoms with Gasteiger partial charge in [0.2, 0.25) is 0 Å². The molecule has 0 saturated carbocycles. The minimum Gasteiger partial charge on any atom is -0.337 e. The molecule has 15 heavy (non-hydrogen) atoms. The molecule has 2 rings (SSSR count). The Labute approximate surface area is 89.9 Å². The van der Waals surface area contributed by atoms with Gasteiger partial charge in [0.1, 0.15) is 0 Å². The van der Waals surface area contributed by atoms with Crippen molar-refractivity contribution in [2.45, 2.75) is 13.3 Å². The van der Waals surface area contributed by atoms with Gasteiger partial charge in [-0.25, -0.2) is 0 Å². The van der Waals surface area contributed by atoms with Crippen molar-refractivity contribution in [3.05, 3.63) is 34.9 Å². The summed E-state index contributed by atoms with van der Waals surface area (Å²) in [5, 5.41) is 0. The number of benzene rings is 1. The summed E-state index contributed by atoms with van der Waals surface area (Å²) < 4.78 is 0. The first kappa shape index (κ1) is 10.2. The summed E-state index contributed by atoms with van der Waals surface area (Å²) in [5.41, 5.74) is 8.71. The van der Waals surface area contributed by atoms with E-state index >= 15 is 0 Å². The summed E-state index contributed by atoms with van der Waals surface area (Å²) in [6, 6.07) is 6.02. The quantitative estimate of drug-likeness (QED) is 0.779. The summed E-state index contributed by atoms with van der Waals surface area (Å²) in [5.74, 6) is 0.127. The van der Waals surface area contributed by atoms with E-state index in [1.54, 1.807) is 0 Å². The SMILES string of the molecule is Cc1ccc2c(c1)CCN(CCN)C2=O. The van der Waals surface area contributed by atoms with E-state index in [0.29, 0.717) is 13.1 Å². The van der Waals surface area contributed by atoms with Crippen molar-refractivity contribution < 1.29 is 4.79 Å². The first-order chi connectivity index (χ1) is 7.22. The van der Waals surface area contributed by atoms with E-state index in [1.165, 1.54) is 11.1 Å². The molecule has 0 fully saturated rings. The highest BCUT2D eigenvalue weighted by Crippen LogP contribution is 2.19. The largest absolute Gasteiger partial charge is 0.337 e. The summed E-state index contributed by atoms with van der Waals surface area (Å²) in [6.07, 6.45) is 0.947. The number of hydrogen-bond donors (Lipinski definition) is 1. The number of nitrogens with zero attached hydrogens (tertiary/aromatic N) is 1. The predicted octanol–water partition coefficient (Wildman–Crippen LogP) is 0.952. The van der Waals surface area contributed by atoms with Gasteiger partial charge in [0.05, 0.1) is 0 Å². The summed E-state index contributed by atoms with van der Waals surface area (Å²) in [7, 11) is 0. The van der Waals surface area contributed by atoms with Gasteiger partial charge in [-0.3, -0.25) is 4.79 Å². The maximum Gasteiger partial charge on any atom is 0.254 e. The molecule has 1 amide bonds. The van der Waals surface area contributed by atoms with Crippen molar-refractivity contribution in [1.82, 2.24) is 4.90 Å². The molecular weight excluding hydrogens is 188 g/mol. The molecule has 2 N–H and O–H groups in total. The summed E-state index contributed by atoms with van der Waals surface area (Å²) >= 11 is 0. The van der Waals surface area contributed by atoms with E-state index in [4.69, 9.17) is 5.73 Å². The number of hydrogen-bond acceptors (Lipinski definition) is 2. The van der Waals surface area contributed by atoms with Crippen molar-refractivity contribution in [3.8, 4) is 0 Å². The minimum absolute atomic E-state index is 0.127. The highest BCUT2D eigenvalue weighted by molar-refractivity contribution is 5.96. The Morgan fingerprint density at radius 3 is 3.00 bits per heavy atom. The Morgan fingerprint density at radius 1 is 1.47 bits per heavy atom. The zero-order valence-corrected chi connectivity index (χ0v) is 8.99. The van der Waals surface area contributed by atoms with Gasteiger partial charge >= 0.3 is 0 Å². The molecule has 0 spiro atoms. The molecule has 0 aromatic heterocycles. The van der Waals surface area contributed by atoms with Gasteiger partial charge in [0.15, 0.2) is 0 Å². The van der Waals surface area contributed by atoms with Crippen LogP contribution in [0.25, 0.3) is 0 Å². The van der Waals surface area contributed by atoms with Crippen LogP contribution < -0.4 is 5.73 Å². The minimum atomic E-state index is 0.127. The highest BCUT2D eigenvalue weighted by Gasteiger charge is 2.23. The predicted molar refractivity (Wildman–Crippen MR) is 59.8 cm³/mol. The third-order valence-corrected chi connectivity index (χ3v) is 2.83. The number of carbonyl (C=O) groups excluding carboxylic acids is 1. The van der Waals surface area contributed by atoms with E-state index < -0.39 is 0 Å². The van der Waals surface area contributed by atoms with Gasteiger partial charge in [-0.15, -0.1) is 0 Å². The molecule has 0 bridgehead atoms. The molecule has 1 aromatic carbocycles. The van der Waals surface area contributed by atoms with Crippen LogP contribution in [0.2, 0.25) is 0 Å². The molecular formula is C12H16N2O. The van der Waals surface area contributed by atoms with Crippen LogP contribution in [0.5, 0.6) is 0 Å². The Morgan fingerprint density at radius 2 is 2.27 bits per heavy atom. The fourth-order valence-electron chi connectivity index (χ4n) is 2.03. The van der Waals surface area contributed by atoms with E-state index in [0.717, 1.165) is 18.5 Å². The van der Waals surface area contributed by atoms with E-state index in [9.17, 15) is 4.79 Å². The summed E-state index contributed by atoms with van der Waals surface area (Å²) in [6.45, 7) is 4.04. The molecule has 1 aliphatic heterocycles. The Bertz CT molecular complexity index is 387. The number of aryl methyl sites for hydroxylation is 1. The molecule has 3 nitrogen and oxygen atoms in total. The Hall–Kier alpha value is -1.35. The summed E-state index contributed by atoms with van der Waals surface area (Å²) in [4.78, 5) is 13.8. The van der Waals surface area contributed by atoms with Gasteiger partial charge in [0.25, 0.3) is 5.91 Å². The third kappa shape index (κ3) is 1.88. The van der Waals surface area contributed by atoms with Crippen LogP contribution in [0.4, 0.5) is 0 Å². The van der Waals surface area contributed by atoms with Crippen molar-refractivity contribution >= 4 is 5.91 Å². The smallest absolute Gasteiger partial charge is 0.254 e. The lowest BCUT2D eigenvalue weighted by atomic mass is 9.97. The van der Waals surface area contributed by atoms with Crippen molar-refractivity contribution in [3.63, 3.8) is 0 Å². The van der Waals surface area contributed by atoms with Gasteiger partial charge in [-0.2, -0.15) is 0 Å². The second kappa shape index (κ2) is 4.03. The average molecular weight is 204 g/mol. The standard InChI is InChI=1S/C12H16N2O/c1-9-2-3-11-10(8-9)4-6-14(7-5-13)12(11)15/h2-3,8H,4-7,13H2,1H3. The molecule has 0 unspecified atom stereocenters. The second-order valence-corrected chi connectivity index (χ2v) is 3.99. The lowest BCUT2D eigenvalue weighted by Gasteiger charge is -2.28. The number of fused-ring (bicyclic) bond motifs is 1. The van der Waals surface area contributed by atoms with Crippen molar-refractivity contribution in [1.29, 1.82) is 0 Å². The molecule has 0 saturated heterocycles. The molecule has 0 radical (unpaired) electrons. The van der Waals surface area contributed by atoms with E-state index in [2.05, 4.69) is 13.0 Å².